The van der Waals surface area contributed by atoms with Gasteiger partial charge in [0.2, 0.25) is 5.78 Å². The van der Waals surface area contributed by atoms with Crippen LogP contribution in [0.25, 0.3) is 0 Å². The van der Waals surface area contributed by atoms with Gasteiger partial charge in [-0.05, 0) is 97.6 Å². The highest BCUT2D eigenvalue weighted by atomic mass is 35.5. The maximum Gasteiger partial charge on any atom is 0.337 e. The highest BCUT2D eigenvalue weighted by Gasteiger charge is 2.26. The molecule has 0 saturated heterocycles. The molecule has 202 valence electrons. The lowest BCUT2D eigenvalue weighted by Gasteiger charge is -2.25. The van der Waals surface area contributed by atoms with E-state index in [1.54, 1.807) is 36.5 Å². The van der Waals surface area contributed by atoms with E-state index in [-0.39, 0.29) is 22.5 Å². The van der Waals surface area contributed by atoms with Crippen molar-refractivity contribution in [1.82, 2.24) is 4.98 Å². The van der Waals surface area contributed by atoms with Crippen molar-refractivity contribution in [1.29, 1.82) is 0 Å². The topological polar surface area (TPSA) is 109 Å². The van der Waals surface area contributed by atoms with Crippen molar-refractivity contribution in [2.75, 3.05) is 23.9 Å². The number of rotatable bonds is 10. The largest absolute Gasteiger partial charge is 0.497 e. The number of carbonyl (C=O) groups excluding carboxylic acids is 2. The third-order valence-corrected chi connectivity index (χ3v) is 6.93. The molecule has 1 aliphatic rings. The number of aromatic carboxylic acids is 1. The first-order valence-corrected chi connectivity index (χ1v) is 13.1. The Balaban J connectivity index is 1.35. The number of hydrogen-bond acceptors (Lipinski definition) is 6. The van der Waals surface area contributed by atoms with Crippen LogP contribution in [0.1, 0.15) is 49.6 Å². The Labute approximate surface area is 236 Å². The number of ketones is 1. The van der Waals surface area contributed by atoms with Crippen LogP contribution in [0.4, 0.5) is 17.1 Å². The Morgan fingerprint density at radius 2 is 1.62 bits per heavy atom. The third kappa shape index (κ3) is 6.13. The molecule has 40 heavy (non-hydrogen) atoms. The number of anilines is 3. The number of pyridine rings is 1. The van der Waals surface area contributed by atoms with Crippen LogP contribution in [0.3, 0.4) is 0 Å². The summed E-state index contributed by atoms with van der Waals surface area (Å²) in [6.45, 7) is 0.836. The average molecular weight is 556 g/mol. The molecule has 0 unspecified atom stereocenters. The second kappa shape index (κ2) is 11.6. The predicted molar refractivity (Wildman–Crippen MR) is 153 cm³/mol. The fraction of sp³-hybridized carbons (Fsp3) is 0.161. The van der Waals surface area contributed by atoms with Gasteiger partial charge in [0.15, 0.2) is 0 Å². The molecule has 0 bridgehead atoms. The Morgan fingerprint density at radius 1 is 0.950 bits per heavy atom. The first kappa shape index (κ1) is 26.9. The molecule has 9 heteroatoms. The fourth-order valence-corrected chi connectivity index (χ4v) is 4.40. The molecule has 1 aliphatic carbocycles. The lowest BCUT2D eigenvalue weighted by Crippen LogP contribution is -2.20. The van der Waals surface area contributed by atoms with Gasteiger partial charge >= 0.3 is 5.97 Å². The number of carboxylic acids is 1. The zero-order valence-electron chi connectivity index (χ0n) is 21.6. The van der Waals surface area contributed by atoms with E-state index in [1.807, 2.05) is 30.3 Å². The Bertz CT molecular complexity index is 1550. The molecule has 1 saturated carbocycles. The van der Waals surface area contributed by atoms with Gasteiger partial charge in [0.1, 0.15) is 11.4 Å². The van der Waals surface area contributed by atoms with E-state index in [4.69, 9.17) is 16.3 Å². The number of carboxylic acid groups (broad SMARTS) is 1. The summed E-state index contributed by atoms with van der Waals surface area (Å²) in [5.74, 6) is -0.995. The highest BCUT2D eigenvalue weighted by molar-refractivity contribution is 6.30. The second-order valence-electron chi connectivity index (χ2n) is 9.51. The molecular formula is C31H26ClN3O5. The number of carbonyl (C=O) groups is 3. The molecule has 1 amide bonds. The summed E-state index contributed by atoms with van der Waals surface area (Å²) < 4.78 is 5.10. The van der Waals surface area contributed by atoms with E-state index < -0.39 is 17.7 Å². The Morgan fingerprint density at radius 3 is 2.23 bits per heavy atom. The minimum atomic E-state index is -1.28. The van der Waals surface area contributed by atoms with Crippen LogP contribution >= 0.6 is 11.6 Å². The van der Waals surface area contributed by atoms with Crippen LogP contribution in [0.5, 0.6) is 5.75 Å². The quantitative estimate of drug-likeness (QED) is 0.216. The van der Waals surface area contributed by atoms with Crippen molar-refractivity contribution in [2.45, 2.75) is 12.8 Å². The van der Waals surface area contributed by atoms with Crippen LogP contribution in [-0.4, -0.2) is 41.4 Å². The molecule has 5 rings (SSSR count). The Kier molecular flexibility index (Phi) is 7.79. The molecule has 1 fully saturated rings. The van der Waals surface area contributed by atoms with E-state index >= 15 is 0 Å². The van der Waals surface area contributed by atoms with Crippen LogP contribution in [-0.2, 0) is 0 Å². The minimum Gasteiger partial charge on any atom is -0.497 e. The zero-order valence-corrected chi connectivity index (χ0v) is 22.4. The van der Waals surface area contributed by atoms with E-state index in [9.17, 15) is 19.5 Å². The summed E-state index contributed by atoms with van der Waals surface area (Å²) in [5, 5.41) is 13.0. The summed E-state index contributed by atoms with van der Waals surface area (Å²) in [7, 11) is 1.52. The molecule has 8 nitrogen and oxygen atoms in total. The van der Waals surface area contributed by atoms with Crippen molar-refractivity contribution >= 4 is 46.3 Å². The SMILES string of the molecule is COc1ccc(C(=O)Nc2ccc(C(=O)c3ccc(N(CC4CC4)c4ccc(Cl)cc4)cn3)cc2C(=O)O)cc1. The van der Waals surface area contributed by atoms with Crippen LogP contribution < -0.4 is 15.0 Å². The van der Waals surface area contributed by atoms with Crippen molar-refractivity contribution in [3.05, 3.63) is 112 Å². The average Bonchev–Trinajstić information content (AvgIpc) is 3.81. The molecule has 1 aromatic heterocycles. The van der Waals surface area contributed by atoms with Crippen molar-refractivity contribution < 1.29 is 24.2 Å². The number of nitrogens with zero attached hydrogens (tertiary/aromatic N) is 2. The first-order chi connectivity index (χ1) is 19.3. The number of amides is 1. The summed E-state index contributed by atoms with van der Waals surface area (Å²) in [5.41, 5.74) is 2.35. The zero-order chi connectivity index (χ0) is 28.2. The Hall–Kier alpha value is -4.69. The molecule has 0 radical (unpaired) electrons. The van der Waals surface area contributed by atoms with Crippen molar-refractivity contribution in [3.8, 4) is 5.75 Å². The van der Waals surface area contributed by atoms with Crippen molar-refractivity contribution in [3.63, 3.8) is 0 Å². The highest BCUT2D eigenvalue weighted by Crippen LogP contribution is 2.35. The normalized spacial score (nSPS) is 12.4. The van der Waals surface area contributed by atoms with Gasteiger partial charge < -0.3 is 20.1 Å². The van der Waals surface area contributed by atoms with Gasteiger partial charge in [-0.25, -0.2) is 4.79 Å². The molecule has 0 aliphatic heterocycles. The lowest BCUT2D eigenvalue weighted by atomic mass is 10.0. The molecule has 4 aromatic rings. The summed E-state index contributed by atoms with van der Waals surface area (Å²) in [6.07, 6.45) is 4.00. The van der Waals surface area contributed by atoms with Crippen LogP contribution in [0.2, 0.25) is 5.02 Å². The fourth-order valence-electron chi connectivity index (χ4n) is 4.28. The predicted octanol–water partition coefficient (Wildman–Crippen LogP) is 6.47. The maximum absolute atomic E-state index is 13.2. The van der Waals surface area contributed by atoms with Crippen molar-refractivity contribution in [2.24, 2.45) is 5.92 Å². The van der Waals surface area contributed by atoms with E-state index in [2.05, 4.69) is 15.2 Å². The second-order valence-corrected chi connectivity index (χ2v) is 9.95. The summed E-state index contributed by atoms with van der Waals surface area (Å²) in [6, 6.07) is 21.6. The number of halogens is 1. The number of ether oxygens (including phenoxy) is 1. The number of benzene rings is 3. The van der Waals surface area contributed by atoms with E-state index in [0.29, 0.717) is 22.3 Å². The van der Waals surface area contributed by atoms with Gasteiger partial charge in [-0.2, -0.15) is 0 Å². The maximum atomic E-state index is 13.2. The number of nitrogens with one attached hydrogen (secondary N) is 1. The molecule has 0 atom stereocenters. The van der Waals surface area contributed by atoms with Gasteiger partial charge in [-0.1, -0.05) is 11.6 Å². The standard InChI is InChI=1S/C31H26ClN3O5/c1-40-25-12-4-20(5-13-25)30(37)34-27-14-6-21(16-26(27)31(38)39)29(36)28-15-11-24(17-33-28)35(18-19-2-3-19)23-9-7-22(32)8-10-23/h4-17,19H,2-3,18H2,1H3,(H,34,37)(H,38,39). The molecule has 0 spiro atoms. The van der Waals surface area contributed by atoms with Gasteiger partial charge in [0.05, 0.1) is 30.2 Å². The van der Waals surface area contributed by atoms with Gasteiger partial charge in [0, 0.05) is 28.4 Å². The van der Waals surface area contributed by atoms with Gasteiger partial charge in [-0.15, -0.1) is 0 Å². The number of hydrogen-bond donors (Lipinski definition) is 2. The van der Waals surface area contributed by atoms with Crippen LogP contribution in [0.15, 0.2) is 85.1 Å². The molecule has 3 aromatic carbocycles. The number of methoxy groups -OCH3 is 1. The first-order valence-electron chi connectivity index (χ1n) is 12.7. The van der Waals surface area contributed by atoms with E-state index in [1.165, 1.54) is 38.2 Å². The molecule has 1 heterocycles. The minimum absolute atomic E-state index is 0.0758. The van der Waals surface area contributed by atoms with Gasteiger partial charge in [0.25, 0.3) is 5.91 Å². The summed E-state index contributed by atoms with van der Waals surface area (Å²) in [4.78, 5) is 44.4. The molecule has 2 N–H and O–H groups in total. The third-order valence-electron chi connectivity index (χ3n) is 6.68. The summed E-state index contributed by atoms with van der Waals surface area (Å²) >= 11 is 6.07. The number of aromatic nitrogens is 1. The van der Waals surface area contributed by atoms with Gasteiger partial charge in [-0.3, -0.25) is 14.6 Å². The molecular weight excluding hydrogens is 530 g/mol. The lowest BCUT2D eigenvalue weighted by molar-refractivity contribution is 0.0698. The van der Waals surface area contributed by atoms with Crippen LogP contribution in [0, 0.1) is 5.92 Å². The van der Waals surface area contributed by atoms with E-state index in [0.717, 1.165) is 17.9 Å². The monoisotopic (exact) mass is 555 g/mol. The smallest absolute Gasteiger partial charge is 0.337 e.